The largest absolute Gasteiger partial charge is 0.467 e. The van der Waals surface area contributed by atoms with Crippen molar-refractivity contribution in [2.45, 2.75) is 6.92 Å². The average Bonchev–Trinajstić information content (AvgIpc) is 2.19. The van der Waals surface area contributed by atoms with Crippen LogP contribution in [0.2, 0.25) is 0 Å². The summed E-state index contributed by atoms with van der Waals surface area (Å²) in [4.78, 5) is 24.9. The highest BCUT2D eigenvalue weighted by molar-refractivity contribution is 5.73. The number of nitrogens with zero attached hydrogens (tertiary/aromatic N) is 2. The van der Waals surface area contributed by atoms with Crippen LogP contribution in [0, 0.1) is 0 Å². The molecule has 0 spiro atoms. The molecule has 0 saturated carbocycles. The Hall–Kier alpha value is -1.10. The second-order valence-corrected chi connectivity index (χ2v) is 3.31. The van der Waals surface area contributed by atoms with Crippen molar-refractivity contribution >= 4 is 12.4 Å². The van der Waals surface area contributed by atoms with E-state index in [0.29, 0.717) is 13.1 Å². The first-order valence-corrected chi connectivity index (χ1v) is 4.77. The zero-order chi connectivity index (χ0) is 10.4. The third kappa shape index (κ3) is 3.33. The van der Waals surface area contributed by atoms with Gasteiger partial charge in [0.2, 0.25) is 5.91 Å². The van der Waals surface area contributed by atoms with E-state index in [2.05, 4.69) is 9.64 Å². The molecule has 1 saturated heterocycles. The first kappa shape index (κ1) is 11.0. The Balaban J connectivity index is 2.15. The SMILES string of the molecule is CC(=O)N1CCN(CCOC=O)CC1. The van der Waals surface area contributed by atoms with Gasteiger partial charge >= 0.3 is 0 Å². The van der Waals surface area contributed by atoms with Crippen LogP contribution in [0.1, 0.15) is 6.92 Å². The molecule has 1 amide bonds. The van der Waals surface area contributed by atoms with Crippen LogP contribution in [0.4, 0.5) is 0 Å². The number of hydrogen-bond donors (Lipinski definition) is 0. The van der Waals surface area contributed by atoms with E-state index < -0.39 is 0 Å². The fraction of sp³-hybridized carbons (Fsp3) is 0.778. The second-order valence-electron chi connectivity index (χ2n) is 3.31. The quantitative estimate of drug-likeness (QED) is 0.446. The Kier molecular flexibility index (Phi) is 4.39. The van der Waals surface area contributed by atoms with E-state index in [1.165, 1.54) is 0 Å². The van der Waals surface area contributed by atoms with Gasteiger partial charge in [-0.3, -0.25) is 14.5 Å². The van der Waals surface area contributed by atoms with Crippen LogP contribution < -0.4 is 0 Å². The summed E-state index contributed by atoms with van der Waals surface area (Å²) in [5.74, 6) is 0.133. The minimum atomic E-state index is 0.133. The molecule has 1 heterocycles. The van der Waals surface area contributed by atoms with Crippen molar-refractivity contribution in [3.8, 4) is 0 Å². The molecule has 1 aliphatic heterocycles. The third-order valence-corrected chi connectivity index (χ3v) is 2.41. The van der Waals surface area contributed by atoms with Crippen LogP contribution in [0.5, 0.6) is 0 Å². The average molecular weight is 200 g/mol. The molecule has 5 nitrogen and oxygen atoms in total. The van der Waals surface area contributed by atoms with Crippen molar-refractivity contribution < 1.29 is 14.3 Å². The van der Waals surface area contributed by atoms with Gasteiger partial charge in [-0.2, -0.15) is 0 Å². The van der Waals surface area contributed by atoms with Gasteiger partial charge in [0.1, 0.15) is 6.61 Å². The maximum atomic E-state index is 11.0. The van der Waals surface area contributed by atoms with Gasteiger partial charge in [-0.25, -0.2) is 0 Å². The molecule has 1 rings (SSSR count). The van der Waals surface area contributed by atoms with Crippen molar-refractivity contribution in [3.63, 3.8) is 0 Å². The van der Waals surface area contributed by atoms with E-state index in [1.54, 1.807) is 6.92 Å². The van der Waals surface area contributed by atoms with Crippen LogP contribution in [0.3, 0.4) is 0 Å². The summed E-state index contributed by atoms with van der Waals surface area (Å²) < 4.78 is 4.61. The molecule has 80 valence electrons. The van der Waals surface area contributed by atoms with E-state index in [0.717, 1.165) is 32.7 Å². The van der Waals surface area contributed by atoms with Crippen LogP contribution in [-0.4, -0.2) is 61.5 Å². The first-order chi connectivity index (χ1) is 6.74. The molecule has 0 radical (unpaired) electrons. The molecule has 0 N–H and O–H groups in total. The van der Waals surface area contributed by atoms with Crippen molar-refractivity contribution in [2.75, 3.05) is 39.3 Å². The van der Waals surface area contributed by atoms with E-state index in [9.17, 15) is 9.59 Å². The summed E-state index contributed by atoms with van der Waals surface area (Å²) >= 11 is 0. The smallest absolute Gasteiger partial charge is 0.293 e. The normalized spacial score (nSPS) is 17.9. The van der Waals surface area contributed by atoms with Crippen molar-refractivity contribution in [1.29, 1.82) is 0 Å². The molecule has 0 aromatic rings. The lowest BCUT2D eigenvalue weighted by molar-refractivity contribution is -0.130. The van der Waals surface area contributed by atoms with Gasteiger partial charge in [0, 0.05) is 39.6 Å². The van der Waals surface area contributed by atoms with E-state index >= 15 is 0 Å². The Labute approximate surface area is 83.6 Å². The summed E-state index contributed by atoms with van der Waals surface area (Å²) in [5.41, 5.74) is 0. The maximum absolute atomic E-state index is 11.0. The Bertz CT molecular complexity index is 200. The molecule has 1 aliphatic rings. The summed E-state index contributed by atoms with van der Waals surface area (Å²) in [7, 11) is 0. The minimum absolute atomic E-state index is 0.133. The summed E-state index contributed by atoms with van der Waals surface area (Å²) in [5, 5.41) is 0. The third-order valence-electron chi connectivity index (χ3n) is 2.41. The van der Waals surface area contributed by atoms with Crippen molar-refractivity contribution in [3.05, 3.63) is 0 Å². The number of carbonyl (C=O) groups is 2. The number of rotatable bonds is 4. The lowest BCUT2D eigenvalue weighted by atomic mass is 10.3. The van der Waals surface area contributed by atoms with Crippen LogP contribution in [-0.2, 0) is 14.3 Å². The van der Waals surface area contributed by atoms with Gasteiger partial charge in [-0.05, 0) is 0 Å². The summed E-state index contributed by atoms with van der Waals surface area (Å²) in [6.45, 7) is 6.52. The Morgan fingerprint density at radius 1 is 1.36 bits per heavy atom. The maximum Gasteiger partial charge on any atom is 0.293 e. The first-order valence-electron chi connectivity index (χ1n) is 4.77. The molecule has 14 heavy (non-hydrogen) atoms. The standard InChI is InChI=1S/C9H16N2O3/c1-9(13)11-4-2-10(3-5-11)6-7-14-8-12/h8H,2-7H2,1H3. The van der Waals surface area contributed by atoms with Crippen LogP contribution in [0.25, 0.3) is 0 Å². The predicted octanol–water partition coefficient (Wildman–Crippen LogP) is -0.676. The Morgan fingerprint density at radius 3 is 2.50 bits per heavy atom. The molecular weight excluding hydrogens is 184 g/mol. The van der Waals surface area contributed by atoms with Gasteiger partial charge < -0.3 is 9.64 Å². The van der Waals surface area contributed by atoms with E-state index in [1.807, 2.05) is 4.90 Å². The molecule has 5 heteroatoms. The molecular formula is C9H16N2O3. The van der Waals surface area contributed by atoms with Crippen molar-refractivity contribution in [1.82, 2.24) is 9.80 Å². The minimum Gasteiger partial charge on any atom is -0.467 e. The number of hydrogen-bond acceptors (Lipinski definition) is 4. The fourth-order valence-corrected chi connectivity index (χ4v) is 1.52. The lowest BCUT2D eigenvalue weighted by Gasteiger charge is -2.33. The van der Waals surface area contributed by atoms with Gasteiger partial charge in [-0.15, -0.1) is 0 Å². The van der Waals surface area contributed by atoms with Crippen LogP contribution >= 0.6 is 0 Å². The molecule has 1 fully saturated rings. The molecule has 0 aromatic carbocycles. The monoisotopic (exact) mass is 200 g/mol. The Morgan fingerprint density at radius 2 is 2.00 bits per heavy atom. The van der Waals surface area contributed by atoms with Gasteiger partial charge in [-0.1, -0.05) is 0 Å². The molecule has 0 unspecified atom stereocenters. The lowest BCUT2D eigenvalue weighted by Crippen LogP contribution is -2.48. The highest BCUT2D eigenvalue weighted by Crippen LogP contribution is 2.01. The van der Waals surface area contributed by atoms with Gasteiger partial charge in [0.15, 0.2) is 0 Å². The summed E-state index contributed by atoms with van der Waals surface area (Å²) in [6.07, 6.45) is 0. The highest BCUT2D eigenvalue weighted by Gasteiger charge is 2.17. The van der Waals surface area contributed by atoms with Crippen molar-refractivity contribution in [2.24, 2.45) is 0 Å². The van der Waals surface area contributed by atoms with E-state index in [-0.39, 0.29) is 5.91 Å². The predicted molar refractivity (Wildman–Crippen MR) is 50.7 cm³/mol. The summed E-state index contributed by atoms with van der Waals surface area (Å²) in [6, 6.07) is 0. The highest BCUT2D eigenvalue weighted by atomic mass is 16.5. The van der Waals surface area contributed by atoms with E-state index in [4.69, 9.17) is 0 Å². The molecule has 0 atom stereocenters. The van der Waals surface area contributed by atoms with Crippen LogP contribution in [0.15, 0.2) is 0 Å². The number of amides is 1. The number of carbonyl (C=O) groups excluding carboxylic acids is 2. The fourth-order valence-electron chi connectivity index (χ4n) is 1.52. The number of piperazine rings is 1. The molecule has 0 bridgehead atoms. The molecule has 0 aliphatic carbocycles. The van der Waals surface area contributed by atoms with Gasteiger partial charge in [0.05, 0.1) is 0 Å². The zero-order valence-corrected chi connectivity index (χ0v) is 8.44. The van der Waals surface area contributed by atoms with Gasteiger partial charge in [0.25, 0.3) is 6.47 Å². The second kappa shape index (κ2) is 5.59. The zero-order valence-electron chi connectivity index (χ0n) is 8.44. The number of ether oxygens (including phenoxy) is 1. The topological polar surface area (TPSA) is 49.9 Å². The molecule has 0 aromatic heterocycles.